The molecule has 0 atom stereocenters. The van der Waals surface area contributed by atoms with Crippen LogP contribution in [0.2, 0.25) is 10.0 Å². The van der Waals surface area contributed by atoms with E-state index in [1.165, 1.54) is 30.3 Å². The fourth-order valence-corrected chi connectivity index (χ4v) is 2.04. The molecule has 2 rings (SSSR count). The lowest BCUT2D eigenvalue weighted by molar-refractivity contribution is 0.0696. The van der Waals surface area contributed by atoms with Crippen LogP contribution >= 0.6 is 23.2 Å². The van der Waals surface area contributed by atoms with E-state index in [2.05, 4.69) is 5.32 Å². The second-order valence-corrected chi connectivity index (χ2v) is 4.96. The summed E-state index contributed by atoms with van der Waals surface area (Å²) in [7, 11) is 0. The van der Waals surface area contributed by atoms with E-state index in [9.17, 15) is 14.0 Å². The normalized spacial score (nSPS) is 10.2. The molecule has 0 bridgehead atoms. The van der Waals surface area contributed by atoms with Crippen molar-refractivity contribution in [2.45, 2.75) is 0 Å². The van der Waals surface area contributed by atoms with Crippen molar-refractivity contribution < 1.29 is 19.1 Å². The molecule has 0 fully saturated rings. The zero-order valence-electron chi connectivity index (χ0n) is 10.4. The topological polar surface area (TPSA) is 66.4 Å². The Hall–Kier alpha value is -2.11. The number of carbonyl (C=O) groups is 2. The molecule has 0 aromatic heterocycles. The van der Waals surface area contributed by atoms with Gasteiger partial charge in [0.2, 0.25) is 0 Å². The molecule has 1 amide bonds. The van der Waals surface area contributed by atoms with Crippen LogP contribution in [-0.4, -0.2) is 17.0 Å². The van der Waals surface area contributed by atoms with Gasteiger partial charge >= 0.3 is 5.97 Å². The maximum Gasteiger partial charge on any atom is 0.335 e. The molecule has 2 aromatic carbocycles. The summed E-state index contributed by atoms with van der Waals surface area (Å²) in [6.45, 7) is 0. The predicted molar refractivity (Wildman–Crippen MR) is 77.8 cm³/mol. The minimum Gasteiger partial charge on any atom is -0.478 e. The standard InChI is InChI=1S/C14H8Cl2FNO3/c15-9-3-8(14(20)21)4-10(6-9)18-13(19)7-1-2-12(17)11(16)5-7/h1-6H,(H,18,19)(H,20,21). The highest BCUT2D eigenvalue weighted by atomic mass is 35.5. The fraction of sp³-hybridized carbons (Fsp3) is 0. The number of aromatic carboxylic acids is 1. The zero-order valence-corrected chi connectivity index (χ0v) is 11.9. The third kappa shape index (κ3) is 3.71. The van der Waals surface area contributed by atoms with Crippen molar-refractivity contribution in [2.75, 3.05) is 5.32 Å². The maximum atomic E-state index is 13.0. The quantitative estimate of drug-likeness (QED) is 0.892. The van der Waals surface area contributed by atoms with Gasteiger partial charge in [-0.05, 0) is 36.4 Å². The molecule has 108 valence electrons. The Kier molecular flexibility index (Phi) is 4.45. The number of amides is 1. The smallest absolute Gasteiger partial charge is 0.335 e. The number of anilines is 1. The first-order valence-corrected chi connectivity index (χ1v) is 6.42. The Morgan fingerprint density at radius 2 is 1.76 bits per heavy atom. The highest BCUT2D eigenvalue weighted by Crippen LogP contribution is 2.21. The summed E-state index contributed by atoms with van der Waals surface area (Å²) in [4.78, 5) is 22.9. The molecule has 0 aliphatic rings. The summed E-state index contributed by atoms with van der Waals surface area (Å²) < 4.78 is 13.0. The van der Waals surface area contributed by atoms with Crippen LogP contribution in [0.3, 0.4) is 0 Å². The number of hydrogen-bond donors (Lipinski definition) is 2. The van der Waals surface area contributed by atoms with E-state index in [1.807, 2.05) is 0 Å². The van der Waals surface area contributed by atoms with Crippen molar-refractivity contribution >= 4 is 40.8 Å². The molecule has 2 N–H and O–H groups in total. The highest BCUT2D eigenvalue weighted by Gasteiger charge is 2.11. The minimum atomic E-state index is -1.17. The van der Waals surface area contributed by atoms with Gasteiger partial charge in [0.25, 0.3) is 5.91 Å². The number of hydrogen-bond acceptors (Lipinski definition) is 2. The second kappa shape index (κ2) is 6.11. The summed E-state index contributed by atoms with van der Waals surface area (Å²) in [5.41, 5.74) is 0.290. The first kappa shape index (κ1) is 15.3. The number of halogens is 3. The van der Waals surface area contributed by atoms with E-state index in [4.69, 9.17) is 28.3 Å². The van der Waals surface area contributed by atoms with Gasteiger partial charge in [-0.1, -0.05) is 23.2 Å². The van der Waals surface area contributed by atoms with Gasteiger partial charge in [0.15, 0.2) is 0 Å². The summed E-state index contributed by atoms with van der Waals surface area (Å²) in [6, 6.07) is 7.43. The van der Waals surface area contributed by atoms with Gasteiger partial charge in [0, 0.05) is 16.3 Å². The Morgan fingerprint density at radius 3 is 2.38 bits per heavy atom. The molecule has 0 radical (unpaired) electrons. The summed E-state index contributed by atoms with van der Waals surface area (Å²) in [5.74, 6) is -2.36. The number of carboxylic acid groups (broad SMARTS) is 1. The number of carbonyl (C=O) groups excluding carboxylic acids is 1. The molecule has 0 aliphatic heterocycles. The Morgan fingerprint density at radius 1 is 1.05 bits per heavy atom. The summed E-state index contributed by atoms with van der Waals surface area (Å²) in [5, 5.41) is 11.4. The van der Waals surface area contributed by atoms with E-state index in [-0.39, 0.29) is 26.9 Å². The maximum absolute atomic E-state index is 13.0. The van der Waals surface area contributed by atoms with Gasteiger partial charge in [0.1, 0.15) is 5.82 Å². The van der Waals surface area contributed by atoms with Gasteiger partial charge in [0.05, 0.1) is 10.6 Å². The molecule has 0 aliphatic carbocycles. The van der Waals surface area contributed by atoms with Crippen molar-refractivity contribution in [3.05, 3.63) is 63.4 Å². The lowest BCUT2D eigenvalue weighted by Gasteiger charge is -2.07. The monoisotopic (exact) mass is 327 g/mol. The second-order valence-electron chi connectivity index (χ2n) is 4.12. The average Bonchev–Trinajstić information content (AvgIpc) is 2.41. The largest absolute Gasteiger partial charge is 0.478 e. The van der Waals surface area contributed by atoms with Crippen molar-refractivity contribution in [2.24, 2.45) is 0 Å². The molecular formula is C14H8Cl2FNO3. The minimum absolute atomic E-state index is 0.0602. The van der Waals surface area contributed by atoms with E-state index in [1.54, 1.807) is 0 Å². The summed E-state index contributed by atoms with van der Waals surface area (Å²) in [6.07, 6.45) is 0. The third-order valence-electron chi connectivity index (χ3n) is 2.58. The summed E-state index contributed by atoms with van der Waals surface area (Å²) >= 11 is 11.4. The van der Waals surface area contributed by atoms with Crippen LogP contribution in [0.4, 0.5) is 10.1 Å². The van der Waals surface area contributed by atoms with Crippen LogP contribution < -0.4 is 5.32 Å². The SMILES string of the molecule is O=C(O)c1cc(Cl)cc(NC(=O)c2ccc(F)c(Cl)c2)c1. The number of carboxylic acids is 1. The zero-order chi connectivity index (χ0) is 15.6. The molecular weight excluding hydrogens is 320 g/mol. The van der Waals surface area contributed by atoms with E-state index in [0.717, 1.165) is 6.07 Å². The van der Waals surface area contributed by atoms with Gasteiger partial charge in [-0.3, -0.25) is 4.79 Å². The van der Waals surface area contributed by atoms with Gasteiger partial charge in [-0.25, -0.2) is 9.18 Å². The third-order valence-corrected chi connectivity index (χ3v) is 3.09. The van der Waals surface area contributed by atoms with Crippen molar-refractivity contribution in [1.29, 1.82) is 0 Å². The fourth-order valence-electron chi connectivity index (χ4n) is 1.63. The van der Waals surface area contributed by atoms with Crippen LogP contribution in [0.15, 0.2) is 36.4 Å². The van der Waals surface area contributed by atoms with Gasteiger partial charge in [-0.2, -0.15) is 0 Å². The Balaban J connectivity index is 2.27. The first-order chi connectivity index (χ1) is 9.86. The van der Waals surface area contributed by atoms with Crippen LogP contribution in [0.25, 0.3) is 0 Å². The molecule has 7 heteroatoms. The number of nitrogens with one attached hydrogen (secondary N) is 1. The molecule has 0 saturated carbocycles. The Bertz CT molecular complexity index is 734. The van der Waals surface area contributed by atoms with Gasteiger partial charge in [-0.15, -0.1) is 0 Å². The molecule has 0 heterocycles. The van der Waals surface area contributed by atoms with E-state index >= 15 is 0 Å². The molecule has 0 unspecified atom stereocenters. The number of rotatable bonds is 3. The molecule has 0 saturated heterocycles. The van der Waals surface area contributed by atoms with Crippen molar-refractivity contribution in [3.63, 3.8) is 0 Å². The lowest BCUT2D eigenvalue weighted by atomic mass is 10.1. The van der Waals surface area contributed by atoms with Crippen molar-refractivity contribution in [1.82, 2.24) is 0 Å². The van der Waals surface area contributed by atoms with E-state index < -0.39 is 17.7 Å². The first-order valence-electron chi connectivity index (χ1n) is 5.67. The molecule has 21 heavy (non-hydrogen) atoms. The van der Waals surface area contributed by atoms with Crippen molar-refractivity contribution in [3.8, 4) is 0 Å². The molecule has 4 nitrogen and oxygen atoms in total. The molecule has 0 spiro atoms. The van der Waals surface area contributed by atoms with Gasteiger partial charge < -0.3 is 10.4 Å². The highest BCUT2D eigenvalue weighted by molar-refractivity contribution is 6.31. The average molecular weight is 328 g/mol. The van der Waals surface area contributed by atoms with E-state index in [0.29, 0.717) is 0 Å². The van der Waals surface area contributed by atoms with Crippen LogP contribution in [-0.2, 0) is 0 Å². The lowest BCUT2D eigenvalue weighted by Crippen LogP contribution is -2.12. The molecule has 2 aromatic rings. The van der Waals surface area contributed by atoms with Crippen LogP contribution in [0.1, 0.15) is 20.7 Å². The van der Waals surface area contributed by atoms with Crippen LogP contribution in [0, 0.1) is 5.82 Å². The van der Waals surface area contributed by atoms with Crippen LogP contribution in [0.5, 0.6) is 0 Å². The predicted octanol–water partition coefficient (Wildman–Crippen LogP) is 4.08. The Labute approximate surface area is 129 Å². The number of benzene rings is 2.